The zero-order valence-corrected chi connectivity index (χ0v) is 8.28. The third-order valence-corrected chi connectivity index (χ3v) is 2.61. The molecule has 0 nitrogen and oxygen atoms in total. The molecule has 0 fully saturated rings. The molecule has 0 rings (SSSR count). The number of halogens is 10. The van der Waals surface area contributed by atoms with Crippen LogP contribution in [-0.2, 0) is 0 Å². The summed E-state index contributed by atoms with van der Waals surface area (Å²) < 4.78 is 122. The van der Waals surface area contributed by atoms with Gasteiger partial charge in [-0.15, -0.1) is 0 Å². The van der Waals surface area contributed by atoms with Gasteiger partial charge in [0.25, 0.3) is 0 Å². The van der Waals surface area contributed by atoms with Crippen molar-refractivity contribution < 1.29 is 43.9 Å². The lowest BCUT2D eigenvalue weighted by molar-refractivity contribution is -0.408. The minimum atomic E-state index is -6.44. The fourth-order valence-corrected chi connectivity index (χ4v) is 0.977. The van der Waals surface area contributed by atoms with Gasteiger partial charge in [0, 0.05) is 0 Å². The Balaban J connectivity index is 6.04. The Kier molecular flexibility index (Phi) is 3.49. The summed E-state index contributed by atoms with van der Waals surface area (Å²) in [5.74, 6) is 0. The average Bonchev–Trinajstić information content (AvgIpc) is 1.95. The monoisotopic (exact) mass is 280 g/mol. The van der Waals surface area contributed by atoms with Crippen molar-refractivity contribution in [1.82, 2.24) is 0 Å². The highest BCUT2D eigenvalue weighted by Gasteiger charge is 2.82. The van der Waals surface area contributed by atoms with E-state index >= 15 is 0 Å². The van der Waals surface area contributed by atoms with Crippen molar-refractivity contribution in [3.63, 3.8) is 0 Å². The molecule has 0 aliphatic rings. The molecule has 0 aromatic heterocycles. The standard InChI is InChI=1S/C7H6F10/c1-3(5(9,10)11,6(12,13)14)4(2,8)7(15,16)17/h1-2H3. The van der Waals surface area contributed by atoms with Gasteiger partial charge in [0.15, 0.2) is 0 Å². The van der Waals surface area contributed by atoms with E-state index in [9.17, 15) is 43.9 Å². The maximum absolute atomic E-state index is 13.1. The first-order valence-corrected chi connectivity index (χ1v) is 3.89. The van der Waals surface area contributed by atoms with Crippen LogP contribution < -0.4 is 0 Å². The molecular formula is C7H6F10. The van der Waals surface area contributed by atoms with Gasteiger partial charge in [0.05, 0.1) is 0 Å². The van der Waals surface area contributed by atoms with Gasteiger partial charge < -0.3 is 0 Å². The van der Waals surface area contributed by atoms with Gasteiger partial charge in [-0.05, 0) is 13.8 Å². The summed E-state index contributed by atoms with van der Waals surface area (Å²) in [6, 6.07) is 0. The van der Waals surface area contributed by atoms with Crippen molar-refractivity contribution in [3.05, 3.63) is 0 Å². The molecule has 10 heteroatoms. The molecule has 17 heavy (non-hydrogen) atoms. The summed E-state index contributed by atoms with van der Waals surface area (Å²) in [5, 5.41) is 0. The topological polar surface area (TPSA) is 0 Å². The molecular weight excluding hydrogens is 274 g/mol. The van der Waals surface area contributed by atoms with Crippen molar-refractivity contribution in [3.8, 4) is 0 Å². The molecule has 0 saturated carbocycles. The zero-order valence-electron chi connectivity index (χ0n) is 8.28. The molecule has 1 atom stereocenters. The van der Waals surface area contributed by atoms with Gasteiger partial charge in [0.1, 0.15) is 0 Å². The first-order valence-electron chi connectivity index (χ1n) is 3.89. The van der Waals surface area contributed by atoms with Crippen LogP contribution in [0.2, 0.25) is 0 Å². The van der Waals surface area contributed by atoms with Gasteiger partial charge in [-0.25, -0.2) is 4.39 Å². The van der Waals surface area contributed by atoms with Crippen molar-refractivity contribution in [2.24, 2.45) is 5.41 Å². The molecule has 1 unspecified atom stereocenters. The van der Waals surface area contributed by atoms with E-state index in [-0.39, 0.29) is 0 Å². The van der Waals surface area contributed by atoms with Gasteiger partial charge in [0.2, 0.25) is 11.1 Å². The average molecular weight is 280 g/mol. The molecule has 0 amide bonds. The van der Waals surface area contributed by atoms with Crippen molar-refractivity contribution in [1.29, 1.82) is 0 Å². The van der Waals surface area contributed by atoms with Crippen molar-refractivity contribution in [2.45, 2.75) is 38.0 Å². The number of alkyl halides is 10. The summed E-state index contributed by atoms with van der Waals surface area (Å²) in [6.45, 7) is -1.64. The predicted molar refractivity (Wildman–Crippen MR) is 35.8 cm³/mol. The Hall–Kier alpha value is -0.700. The summed E-state index contributed by atoms with van der Waals surface area (Å²) in [4.78, 5) is 0. The number of rotatable bonds is 1. The van der Waals surface area contributed by atoms with Crippen LogP contribution in [0.15, 0.2) is 0 Å². The molecule has 0 aliphatic heterocycles. The Labute approximate surface area is 88.6 Å². The zero-order chi connectivity index (χ0) is 14.5. The van der Waals surface area contributed by atoms with Gasteiger partial charge in [-0.2, -0.15) is 39.5 Å². The van der Waals surface area contributed by atoms with Crippen molar-refractivity contribution in [2.75, 3.05) is 0 Å². The second-order valence-electron chi connectivity index (χ2n) is 3.62. The molecule has 0 radical (unpaired) electrons. The lowest BCUT2D eigenvalue weighted by Crippen LogP contribution is -2.65. The van der Waals surface area contributed by atoms with Gasteiger partial charge in [-0.3, -0.25) is 0 Å². The van der Waals surface area contributed by atoms with Crippen LogP contribution in [0.1, 0.15) is 13.8 Å². The van der Waals surface area contributed by atoms with Crippen molar-refractivity contribution >= 4 is 0 Å². The van der Waals surface area contributed by atoms with E-state index in [1.807, 2.05) is 0 Å². The molecule has 104 valence electrons. The first kappa shape index (κ1) is 16.3. The highest BCUT2D eigenvalue weighted by Crippen LogP contribution is 2.61. The molecule has 0 spiro atoms. The number of hydrogen-bond acceptors (Lipinski definition) is 0. The third-order valence-electron chi connectivity index (χ3n) is 2.61. The Morgan fingerprint density at radius 3 is 0.765 bits per heavy atom. The minimum absolute atomic E-state index is 0.784. The van der Waals surface area contributed by atoms with E-state index in [4.69, 9.17) is 0 Å². The van der Waals surface area contributed by atoms with E-state index in [1.165, 1.54) is 0 Å². The molecule has 0 bridgehead atoms. The van der Waals surface area contributed by atoms with Crippen LogP contribution in [0, 0.1) is 5.41 Å². The largest absolute Gasteiger partial charge is 0.423 e. The van der Waals surface area contributed by atoms with Crippen LogP contribution in [0.5, 0.6) is 0 Å². The normalized spacial score (nSPS) is 19.1. The summed E-state index contributed by atoms with van der Waals surface area (Å²) in [5.41, 5.74) is -11.0. The fraction of sp³-hybridized carbons (Fsp3) is 1.00. The van der Waals surface area contributed by atoms with E-state index in [2.05, 4.69) is 0 Å². The molecule has 0 aromatic carbocycles. The lowest BCUT2D eigenvalue weighted by atomic mass is 9.73. The predicted octanol–water partition coefficient (Wildman–Crippen LogP) is 4.41. The number of hydrogen-bond donors (Lipinski definition) is 0. The molecule has 0 aliphatic carbocycles. The molecule has 0 N–H and O–H groups in total. The summed E-state index contributed by atoms with van der Waals surface area (Å²) in [7, 11) is 0. The van der Waals surface area contributed by atoms with Crippen LogP contribution in [-0.4, -0.2) is 24.2 Å². The molecule has 0 heterocycles. The Morgan fingerprint density at radius 1 is 0.471 bits per heavy atom. The first-order chi connectivity index (χ1) is 7.00. The smallest absolute Gasteiger partial charge is 0.233 e. The highest BCUT2D eigenvalue weighted by atomic mass is 19.4. The van der Waals surface area contributed by atoms with Crippen LogP contribution in [0.3, 0.4) is 0 Å². The van der Waals surface area contributed by atoms with E-state index in [0.717, 1.165) is 0 Å². The van der Waals surface area contributed by atoms with E-state index < -0.39 is 43.5 Å². The van der Waals surface area contributed by atoms with Gasteiger partial charge in [-0.1, -0.05) is 0 Å². The second-order valence-corrected chi connectivity index (χ2v) is 3.62. The van der Waals surface area contributed by atoms with Crippen LogP contribution in [0.4, 0.5) is 43.9 Å². The SMILES string of the molecule is CC(F)(C(F)(F)F)C(C)(C(F)(F)F)C(F)(F)F. The molecule has 0 saturated heterocycles. The maximum Gasteiger partial charge on any atom is 0.423 e. The van der Waals surface area contributed by atoms with E-state index in [0.29, 0.717) is 0 Å². The lowest BCUT2D eigenvalue weighted by Gasteiger charge is -2.43. The van der Waals surface area contributed by atoms with Crippen LogP contribution >= 0.6 is 0 Å². The highest BCUT2D eigenvalue weighted by molar-refractivity contribution is 5.07. The summed E-state index contributed by atoms with van der Waals surface area (Å²) >= 11 is 0. The van der Waals surface area contributed by atoms with Crippen LogP contribution in [0.25, 0.3) is 0 Å². The second kappa shape index (κ2) is 3.64. The molecule has 0 aromatic rings. The fourth-order valence-electron chi connectivity index (χ4n) is 0.977. The third kappa shape index (κ3) is 2.17. The maximum atomic E-state index is 13.1. The Bertz CT molecular complexity index is 263. The minimum Gasteiger partial charge on any atom is -0.233 e. The Morgan fingerprint density at radius 2 is 0.706 bits per heavy atom. The summed E-state index contributed by atoms with van der Waals surface area (Å²) in [6.07, 6.45) is -19.2. The quantitative estimate of drug-likeness (QED) is 0.624. The van der Waals surface area contributed by atoms with Gasteiger partial charge >= 0.3 is 18.5 Å². The van der Waals surface area contributed by atoms with E-state index in [1.54, 1.807) is 0 Å².